The van der Waals surface area contributed by atoms with Crippen LogP contribution in [0.3, 0.4) is 0 Å². The molecule has 0 atom stereocenters. The average molecular weight is 386 g/mol. The molecule has 2 rings (SSSR count). The Morgan fingerprint density at radius 2 is 1.88 bits per heavy atom. The van der Waals surface area contributed by atoms with Crippen LogP contribution in [0, 0.1) is 5.82 Å². The van der Waals surface area contributed by atoms with Crippen LogP contribution >= 0.6 is 11.6 Å². The SMILES string of the molecule is CC(C)(C)OC(=O)N1CCN(CCNC(=O)c2cc(Cl)ccc2F)CC1. The highest BCUT2D eigenvalue weighted by Gasteiger charge is 2.25. The minimum absolute atomic E-state index is 0.0627. The second-order valence-corrected chi connectivity index (χ2v) is 7.63. The number of ether oxygens (including phenoxy) is 1. The van der Waals surface area contributed by atoms with Crippen molar-refractivity contribution in [2.24, 2.45) is 0 Å². The largest absolute Gasteiger partial charge is 0.444 e. The maximum absolute atomic E-state index is 13.7. The van der Waals surface area contributed by atoms with Gasteiger partial charge < -0.3 is 15.0 Å². The number of nitrogens with one attached hydrogen (secondary N) is 1. The van der Waals surface area contributed by atoms with Crippen molar-refractivity contribution in [3.05, 3.63) is 34.6 Å². The Kier molecular flexibility index (Phi) is 6.83. The molecule has 8 heteroatoms. The zero-order valence-electron chi connectivity index (χ0n) is 15.3. The molecular weight excluding hydrogens is 361 g/mol. The summed E-state index contributed by atoms with van der Waals surface area (Å²) in [6.07, 6.45) is -0.304. The van der Waals surface area contributed by atoms with Crippen molar-refractivity contribution < 1.29 is 18.7 Å². The number of hydrogen-bond donors (Lipinski definition) is 1. The summed E-state index contributed by atoms with van der Waals surface area (Å²) in [5.74, 6) is -1.09. The molecule has 0 saturated carbocycles. The quantitative estimate of drug-likeness (QED) is 0.865. The van der Waals surface area contributed by atoms with Gasteiger partial charge in [0, 0.05) is 44.3 Å². The number of nitrogens with zero attached hydrogens (tertiary/aromatic N) is 2. The van der Waals surface area contributed by atoms with Crippen molar-refractivity contribution in [1.29, 1.82) is 0 Å². The molecule has 2 amide bonds. The van der Waals surface area contributed by atoms with Crippen LogP contribution in [0.15, 0.2) is 18.2 Å². The van der Waals surface area contributed by atoms with Gasteiger partial charge in [0.25, 0.3) is 5.91 Å². The molecule has 1 heterocycles. The molecule has 0 unspecified atom stereocenters. The number of carbonyl (C=O) groups excluding carboxylic acids is 2. The van der Waals surface area contributed by atoms with Crippen LogP contribution in [0.25, 0.3) is 0 Å². The molecule has 1 aromatic rings. The Labute approximate surface area is 158 Å². The van der Waals surface area contributed by atoms with Crippen LogP contribution in [0.1, 0.15) is 31.1 Å². The molecule has 0 aromatic heterocycles. The maximum atomic E-state index is 13.7. The van der Waals surface area contributed by atoms with Crippen molar-refractivity contribution >= 4 is 23.6 Å². The average Bonchev–Trinajstić information content (AvgIpc) is 2.56. The third kappa shape index (κ3) is 6.14. The van der Waals surface area contributed by atoms with Crippen molar-refractivity contribution in [2.45, 2.75) is 26.4 Å². The summed E-state index contributed by atoms with van der Waals surface area (Å²) in [6.45, 7) is 9.07. The molecule has 0 radical (unpaired) electrons. The lowest BCUT2D eigenvalue weighted by Crippen LogP contribution is -2.51. The minimum atomic E-state index is -0.599. The normalized spacial score (nSPS) is 15.7. The molecule has 0 spiro atoms. The lowest BCUT2D eigenvalue weighted by Gasteiger charge is -2.35. The summed E-state index contributed by atoms with van der Waals surface area (Å²) in [5, 5.41) is 3.01. The van der Waals surface area contributed by atoms with Gasteiger partial charge in [0.15, 0.2) is 0 Å². The van der Waals surface area contributed by atoms with Gasteiger partial charge in [0.2, 0.25) is 0 Å². The fraction of sp³-hybridized carbons (Fsp3) is 0.556. The molecule has 1 saturated heterocycles. The van der Waals surface area contributed by atoms with Gasteiger partial charge in [0.1, 0.15) is 11.4 Å². The first-order chi connectivity index (χ1) is 12.2. The van der Waals surface area contributed by atoms with Gasteiger partial charge in [-0.3, -0.25) is 9.69 Å². The molecule has 0 bridgehead atoms. The summed E-state index contributed by atoms with van der Waals surface area (Å²) in [6, 6.07) is 3.89. The number of rotatable bonds is 4. The van der Waals surface area contributed by atoms with Crippen LogP contribution in [-0.2, 0) is 4.74 Å². The number of hydrogen-bond acceptors (Lipinski definition) is 4. The zero-order valence-corrected chi connectivity index (χ0v) is 16.1. The van der Waals surface area contributed by atoms with E-state index in [0.29, 0.717) is 44.3 Å². The van der Waals surface area contributed by atoms with Crippen LogP contribution < -0.4 is 5.32 Å². The van der Waals surface area contributed by atoms with Crippen molar-refractivity contribution in [1.82, 2.24) is 15.1 Å². The molecule has 1 aliphatic rings. The summed E-state index contributed by atoms with van der Waals surface area (Å²) < 4.78 is 19.0. The number of piperazine rings is 1. The molecule has 1 N–H and O–H groups in total. The lowest BCUT2D eigenvalue weighted by atomic mass is 10.2. The second-order valence-electron chi connectivity index (χ2n) is 7.19. The van der Waals surface area contributed by atoms with Gasteiger partial charge >= 0.3 is 6.09 Å². The van der Waals surface area contributed by atoms with Crippen molar-refractivity contribution in [3.63, 3.8) is 0 Å². The van der Waals surface area contributed by atoms with E-state index in [2.05, 4.69) is 10.2 Å². The molecule has 144 valence electrons. The molecular formula is C18H25ClFN3O3. The van der Waals surface area contributed by atoms with Crippen LogP contribution in [-0.4, -0.2) is 66.7 Å². The Hall–Kier alpha value is -1.86. The van der Waals surface area contributed by atoms with Crippen LogP contribution in [0.5, 0.6) is 0 Å². The summed E-state index contributed by atoms with van der Waals surface area (Å²) >= 11 is 5.80. The third-order valence-electron chi connectivity index (χ3n) is 3.91. The molecule has 0 aliphatic carbocycles. The van der Waals surface area contributed by atoms with Crippen LogP contribution in [0.4, 0.5) is 9.18 Å². The fourth-order valence-electron chi connectivity index (χ4n) is 2.57. The van der Waals surface area contributed by atoms with E-state index in [1.165, 1.54) is 18.2 Å². The fourth-order valence-corrected chi connectivity index (χ4v) is 2.75. The highest BCUT2D eigenvalue weighted by atomic mass is 35.5. The first kappa shape index (κ1) is 20.5. The monoisotopic (exact) mass is 385 g/mol. The van der Waals surface area contributed by atoms with Crippen LogP contribution in [0.2, 0.25) is 5.02 Å². The predicted octanol–water partition coefficient (Wildman–Crippen LogP) is 2.76. The Bertz CT molecular complexity index is 656. The molecule has 1 aromatic carbocycles. The Morgan fingerprint density at radius 3 is 2.50 bits per heavy atom. The smallest absolute Gasteiger partial charge is 0.410 e. The Balaban J connectivity index is 1.73. The van der Waals surface area contributed by atoms with E-state index in [1.54, 1.807) is 4.90 Å². The number of benzene rings is 1. The molecule has 26 heavy (non-hydrogen) atoms. The summed E-state index contributed by atoms with van der Waals surface area (Å²) in [4.78, 5) is 27.9. The van der Waals surface area contributed by atoms with Gasteiger partial charge in [-0.15, -0.1) is 0 Å². The zero-order chi connectivity index (χ0) is 19.3. The van der Waals surface area contributed by atoms with E-state index >= 15 is 0 Å². The number of carbonyl (C=O) groups is 2. The summed E-state index contributed by atoms with van der Waals surface area (Å²) in [7, 11) is 0. The van der Waals surface area contributed by atoms with E-state index in [4.69, 9.17) is 16.3 Å². The van der Waals surface area contributed by atoms with Gasteiger partial charge in [-0.1, -0.05) is 11.6 Å². The van der Waals surface area contributed by atoms with Gasteiger partial charge in [-0.05, 0) is 39.0 Å². The van der Waals surface area contributed by atoms with Crippen molar-refractivity contribution in [2.75, 3.05) is 39.3 Å². The van der Waals surface area contributed by atoms with E-state index in [0.717, 1.165) is 0 Å². The highest BCUT2D eigenvalue weighted by Crippen LogP contribution is 2.15. The van der Waals surface area contributed by atoms with Gasteiger partial charge in [-0.2, -0.15) is 0 Å². The first-order valence-electron chi connectivity index (χ1n) is 8.59. The minimum Gasteiger partial charge on any atom is -0.444 e. The molecule has 6 nitrogen and oxygen atoms in total. The van der Waals surface area contributed by atoms with E-state index in [9.17, 15) is 14.0 Å². The highest BCUT2D eigenvalue weighted by molar-refractivity contribution is 6.31. The number of amides is 2. The molecule has 1 aliphatic heterocycles. The van der Waals surface area contributed by atoms with E-state index < -0.39 is 17.3 Å². The standard InChI is InChI=1S/C18H25ClFN3O3/c1-18(2,3)26-17(25)23-10-8-22(9-11-23)7-6-21-16(24)14-12-13(19)4-5-15(14)20/h4-5,12H,6-11H2,1-3H3,(H,21,24). The predicted molar refractivity (Wildman–Crippen MR) is 98.0 cm³/mol. The van der Waals surface area contributed by atoms with Gasteiger partial charge in [0.05, 0.1) is 5.56 Å². The molecule has 1 fully saturated rings. The topological polar surface area (TPSA) is 61.9 Å². The van der Waals surface area contributed by atoms with E-state index in [1.807, 2.05) is 20.8 Å². The maximum Gasteiger partial charge on any atom is 0.410 e. The summed E-state index contributed by atoms with van der Waals surface area (Å²) in [5.41, 5.74) is -0.569. The van der Waals surface area contributed by atoms with Crippen molar-refractivity contribution in [3.8, 4) is 0 Å². The van der Waals surface area contributed by atoms with Gasteiger partial charge in [-0.25, -0.2) is 9.18 Å². The third-order valence-corrected chi connectivity index (χ3v) is 4.15. The lowest BCUT2D eigenvalue weighted by molar-refractivity contribution is 0.0147. The second kappa shape index (κ2) is 8.68. The number of halogens is 2. The van der Waals surface area contributed by atoms with E-state index in [-0.39, 0.29) is 11.7 Å². The Morgan fingerprint density at radius 1 is 1.23 bits per heavy atom. The first-order valence-corrected chi connectivity index (χ1v) is 8.97.